The lowest BCUT2D eigenvalue weighted by Crippen LogP contribution is -2.31. The molecule has 0 radical (unpaired) electrons. The molecule has 2 N–H and O–H groups in total. The highest BCUT2D eigenvalue weighted by atomic mass is 19.4. The second kappa shape index (κ2) is 10.2. The lowest BCUT2D eigenvalue weighted by Gasteiger charge is -2.32. The van der Waals surface area contributed by atoms with E-state index < -0.39 is 29.7 Å². The van der Waals surface area contributed by atoms with Crippen LogP contribution in [0.1, 0.15) is 47.9 Å². The zero-order valence-electron chi connectivity index (χ0n) is 21.1. The van der Waals surface area contributed by atoms with E-state index in [4.69, 9.17) is 0 Å². The van der Waals surface area contributed by atoms with Crippen LogP contribution in [-0.4, -0.2) is 43.0 Å². The van der Waals surface area contributed by atoms with Crippen LogP contribution in [0.25, 0.3) is 22.6 Å². The Morgan fingerprint density at radius 2 is 1.95 bits per heavy atom. The Labute approximate surface area is 220 Å². The van der Waals surface area contributed by atoms with Gasteiger partial charge in [0.25, 0.3) is 0 Å². The summed E-state index contributed by atoms with van der Waals surface area (Å²) in [6, 6.07) is 10.6. The maximum Gasteiger partial charge on any atom is 0.573 e. The van der Waals surface area contributed by atoms with Gasteiger partial charge in [-0.3, -0.25) is 0 Å². The van der Waals surface area contributed by atoms with E-state index in [1.54, 1.807) is 4.57 Å². The van der Waals surface area contributed by atoms with E-state index in [2.05, 4.69) is 25.0 Å². The number of nitrogens with one attached hydrogen (secondary N) is 1. The second-order valence-corrected chi connectivity index (χ2v) is 9.70. The molecule has 2 aromatic carbocycles. The maximum absolute atomic E-state index is 14.6. The summed E-state index contributed by atoms with van der Waals surface area (Å²) in [5.74, 6) is -2.77. The summed E-state index contributed by atoms with van der Waals surface area (Å²) >= 11 is 0. The number of benzene rings is 2. The smallest absolute Gasteiger partial charge is 0.475 e. The average molecular weight is 544 g/mol. The molecule has 5 rings (SSSR count). The van der Waals surface area contributed by atoms with Crippen LogP contribution in [-0.2, 0) is 6.54 Å². The number of imidazole rings is 1. The Balaban J connectivity index is 1.66. The molecule has 4 aromatic rings. The Morgan fingerprint density at radius 3 is 2.56 bits per heavy atom. The molecule has 0 aliphatic heterocycles. The van der Waals surface area contributed by atoms with Gasteiger partial charge in [-0.1, -0.05) is 36.2 Å². The van der Waals surface area contributed by atoms with Crippen LogP contribution in [0.3, 0.4) is 0 Å². The molecule has 0 spiro atoms. The lowest BCUT2D eigenvalue weighted by atomic mass is 9.80. The van der Waals surface area contributed by atoms with Crippen LogP contribution in [0, 0.1) is 18.7 Å². The Morgan fingerprint density at radius 1 is 1.18 bits per heavy atom. The SMILES string of the molecule is Cc1cccc(-c2nc3nc(C(=O)O)nc(NC(C)C4CCC4)c3n2Cc2ccc(OC(F)(F)F)c(F)c2)c1. The number of hydrogen-bond acceptors (Lipinski definition) is 6. The number of aryl methyl sites for hydroxylation is 1. The van der Waals surface area contributed by atoms with Crippen molar-refractivity contribution in [1.29, 1.82) is 0 Å². The summed E-state index contributed by atoms with van der Waals surface area (Å²) in [6.45, 7) is 3.89. The first-order chi connectivity index (χ1) is 18.5. The summed E-state index contributed by atoms with van der Waals surface area (Å²) in [5.41, 5.74) is 2.49. The molecule has 1 saturated carbocycles. The van der Waals surface area contributed by atoms with Crippen molar-refractivity contribution in [2.45, 2.75) is 52.1 Å². The van der Waals surface area contributed by atoms with E-state index in [9.17, 15) is 27.5 Å². The highest BCUT2D eigenvalue weighted by Crippen LogP contribution is 2.34. The van der Waals surface area contributed by atoms with E-state index in [1.807, 2.05) is 38.1 Å². The molecule has 2 aromatic heterocycles. The molecule has 1 aliphatic carbocycles. The van der Waals surface area contributed by atoms with Gasteiger partial charge in [0.05, 0.1) is 0 Å². The van der Waals surface area contributed by atoms with Gasteiger partial charge in [-0.2, -0.15) is 0 Å². The summed E-state index contributed by atoms with van der Waals surface area (Å²) in [5, 5.41) is 13.0. The van der Waals surface area contributed by atoms with Gasteiger partial charge in [-0.25, -0.2) is 24.1 Å². The van der Waals surface area contributed by atoms with Gasteiger partial charge < -0.3 is 19.7 Å². The zero-order chi connectivity index (χ0) is 27.9. The van der Waals surface area contributed by atoms with Crippen molar-refractivity contribution in [2.24, 2.45) is 5.92 Å². The second-order valence-electron chi connectivity index (χ2n) is 9.70. The first kappa shape index (κ1) is 26.4. The van der Waals surface area contributed by atoms with Gasteiger partial charge in [0.1, 0.15) is 11.3 Å². The van der Waals surface area contributed by atoms with Gasteiger partial charge in [0.2, 0.25) is 5.82 Å². The van der Waals surface area contributed by atoms with E-state index in [-0.39, 0.29) is 24.1 Å². The molecule has 1 aliphatic rings. The van der Waals surface area contributed by atoms with Gasteiger partial charge in [0.15, 0.2) is 23.0 Å². The molecule has 39 heavy (non-hydrogen) atoms. The molecule has 1 unspecified atom stereocenters. The molecule has 0 amide bonds. The zero-order valence-corrected chi connectivity index (χ0v) is 21.1. The predicted octanol–water partition coefficient (Wildman–Crippen LogP) is 6.19. The lowest BCUT2D eigenvalue weighted by molar-refractivity contribution is -0.275. The summed E-state index contributed by atoms with van der Waals surface area (Å²) < 4.78 is 58.0. The van der Waals surface area contributed by atoms with Crippen molar-refractivity contribution < 1.29 is 32.2 Å². The maximum atomic E-state index is 14.6. The van der Waals surface area contributed by atoms with Crippen LogP contribution in [0.4, 0.5) is 23.4 Å². The molecular formula is C27H25F4N5O3. The highest BCUT2D eigenvalue weighted by molar-refractivity contribution is 5.92. The monoisotopic (exact) mass is 543 g/mol. The van der Waals surface area contributed by atoms with Gasteiger partial charge in [-0.05, 0) is 56.4 Å². The summed E-state index contributed by atoms with van der Waals surface area (Å²) in [6.07, 6.45) is -1.84. The highest BCUT2D eigenvalue weighted by Gasteiger charge is 2.32. The van der Waals surface area contributed by atoms with Crippen LogP contribution in [0.5, 0.6) is 5.75 Å². The molecule has 8 nitrogen and oxygen atoms in total. The minimum absolute atomic E-state index is 0.00867. The van der Waals surface area contributed by atoms with Crippen LogP contribution < -0.4 is 10.1 Å². The third-order valence-corrected chi connectivity index (χ3v) is 6.85. The molecule has 0 saturated heterocycles. The number of nitrogens with zero attached hydrogens (tertiary/aromatic N) is 4. The molecule has 12 heteroatoms. The van der Waals surface area contributed by atoms with E-state index >= 15 is 0 Å². The molecule has 1 atom stereocenters. The number of carboxylic acid groups (broad SMARTS) is 1. The fraction of sp³-hybridized carbons (Fsp3) is 0.333. The minimum atomic E-state index is -5.03. The minimum Gasteiger partial charge on any atom is -0.475 e. The third-order valence-electron chi connectivity index (χ3n) is 6.85. The number of aromatic nitrogens is 4. The van der Waals surface area contributed by atoms with E-state index in [0.29, 0.717) is 28.4 Å². The van der Waals surface area contributed by atoms with Crippen molar-refractivity contribution in [3.63, 3.8) is 0 Å². The first-order valence-electron chi connectivity index (χ1n) is 12.4. The quantitative estimate of drug-likeness (QED) is 0.256. The fourth-order valence-electron chi connectivity index (χ4n) is 4.70. The van der Waals surface area contributed by atoms with Crippen LogP contribution in [0.15, 0.2) is 42.5 Å². The molecule has 2 heterocycles. The molecular weight excluding hydrogens is 518 g/mol. The first-order valence-corrected chi connectivity index (χ1v) is 12.4. The number of ether oxygens (including phenoxy) is 1. The normalized spacial score (nSPS) is 14.7. The summed E-state index contributed by atoms with van der Waals surface area (Å²) in [7, 11) is 0. The van der Waals surface area contributed by atoms with Gasteiger partial charge in [0, 0.05) is 18.2 Å². The standard InChI is InChI=1S/C27H25F4N5O3/c1-14-5-3-8-18(11-14)25-35-23-21(22(33-24(34-23)26(37)38)32-15(2)17-6-4-7-17)36(25)13-16-9-10-20(19(28)12-16)39-27(29,30)31/h3,5,8-12,15,17H,4,6-7,13H2,1-2H3,(H,37,38)(H,32,33,34). The Kier molecular flexibility index (Phi) is 6.87. The van der Waals surface area contributed by atoms with Crippen molar-refractivity contribution in [3.05, 3.63) is 65.2 Å². The number of rotatable bonds is 8. The number of carboxylic acids is 1. The van der Waals surface area contributed by atoms with Crippen molar-refractivity contribution in [3.8, 4) is 17.1 Å². The van der Waals surface area contributed by atoms with E-state index in [1.165, 1.54) is 6.07 Å². The number of fused-ring (bicyclic) bond motifs is 1. The molecule has 0 bridgehead atoms. The number of carbonyl (C=O) groups is 1. The predicted molar refractivity (Wildman–Crippen MR) is 135 cm³/mol. The van der Waals surface area contributed by atoms with Crippen molar-refractivity contribution >= 4 is 23.0 Å². The fourth-order valence-corrected chi connectivity index (χ4v) is 4.70. The summed E-state index contributed by atoms with van der Waals surface area (Å²) in [4.78, 5) is 24.9. The van der Waals surface area contributed by atoms with Crippen LogP contribution >= 0.6 is 0 Å². The molecule has 204 valence electrons. The van der Waals surface area contributed by atoms with Crippen LogP contribution in [0.2, 0.25) is 0 Å². The number of anilines is 1. The number of halogens is 4. The van der Waals surface area contributed by atoms with Gasteiger partial charge >= 0.3 is 12.3 Å². The third kappa shape index (κ3) is 5.64. The Bertz CT molecular complexity index is 1550. The average Bonchev–Trinajstić information content (AvgIpc) is 3.17. The number of aromatic carboxylic acids is 1. The van der Waals surface area contributed by atoms with Crippen molar-refractivity contribution in [2.75, 3.05) is 5.32 Å². The van der Waals surface area contributed by atoms with Gasteiger partial charge in [-0.15, -0.1) is 13.2 Å². The van der Waals surface area contributed by atoms with Crippen molar-refractivity contribution in [1.82, 2.24) is 19.5 Å². The topological polar surface area (TPSA) is 102 Å². The number of alkyl halides is 3. The Hall–Kier alpha value is -4.22. The van der Waals surface area contributed by atoms with E-state index in [0.717, 1.165) is 37.0 Å². The largest absolute Gasteiger partial charge is 0.573 e. The number of hydrogen-bond donors (Lipinski definition) is 2. The molecule has 1 fully saturated rings.